The van der Waals surface area contributed by atoms with E-state index in [1.807, 2.05) is 18.2 Å². The van der Waals surface area contributed by atoms with Crippen LogP contribution in [0.15, 0.2) is 158 Å². The molecule has 7 nitrogen and oxygen atoms in total. The van der Waals surface area contributed by atoms with Gasteiger partial charge in [0.2, 0.25) is 5.95 Å². The third-order valence-corrected chi connectivity index (χ3v) is 11.2. The molecule has 0 atom stereocenters. The predicted octanol–water partition coefficient (Wildman–Crippen LogP) is 12.0. The molecule has 7 heteroatoms. The molecule has 0 fully saturated rings. The second-order valence-corrected chi connectivity index (χ2v) is 15.6. The van der Waals surface area contributed by atoms with Crippen LogP contribution in [0.1, 0.15) is 32.2 Å². The van der Waals surface area contributed by atoms with Gasteiger partial charge in [-0.1, -0.05) is 118 Å². The lowest BCUT2D eigenvalue weighted by Crippen LogP contribution is -2.19. The monoisotopic (exact) mass is 733 g/mol. The smallest absolute Gasteiger partial charge is 0.238 e. The summed E-state index contributed by atoms with van der Waals surface area (Å²) >= 11 is 0. The number of aromatic nitrogens is 6. The highest BCUT2D eigenvalue weighted by Gasteiger charge is 2.26. The lowest BCUT2D eigenvalue weighted by molar-refractivity contribution is 0.540. The van der Waals surface area contributed by atoms with Gasteiger partial charge in [-0.05, 0) is 60.7 Å². The van der Waals surface area contributed by atoms with Crippen LogP contribution in [0.25, 0.3) is 94.1 Å². The maximum Gasteiger partial charge on any atom is 0.238 e. The SMILES string of the molecule is CC(C)(C)c1nc(-c2cc(C#N)ccc2-n2c3ccccc3c3c(-n4c5ccccc5c5ccccc54)cccc32)nc(-n2c3ccccc3c3ccccc32)n1. The van der Waals surface area contributed by atoms with Crippen LogP contribution in [0.2, 0.25) is 0 Å². The van der Waals surface area contributed by atoms with Crippen molar-refractivity contribution in [2.75, 3.05) is 0 Å². The second-order valence-electron chi connectivity index (χ2n) is 15.6. The lowest BCUT2D eigenvalue weighted by atomic mass is 9.95. The van der Waals surface area contributed by atoms with Crippen molar-refractivity contribution in [1.29, 1.82) is 5.26 Å². The van der Waals surface area contributed by atoms with Crippen molar-refractivity contribution in [3.8, 4) is 34.8 Å². The van der Waals surface area contributed by atoms with Gasteiger partial charge in [-0.2, -0.15) is 15.2 Å². The van der Waals surface area contributed by atoms with Crippen LogP contribution < -0.4 is 0 Å². The molecule has 4 aromatic heterocycles. The predicted molar refractivity (Wildman–Crippen MR) is 232 cm³/mol. The number of nitriles is 1. The molecule has 0 aliphatic carbocycles. The van der Waals surface area contributed by atoms with Crippen LogP contribution in [0.5, 0.6) is 0 Å². The quantitative estimate of drug-likeness (QED) is 0.180. The van der Waals surface area contributed by atoms with Crippen LogP contribution in [0.4, 0.5) is 0 Å². The Labute approximate surface area is 328 Å². The Balaban J connectivity index is 1.22. The van der Waals surface area contributed by atoms with Gasteiger partial charge in [0.05, 0.1) is 56.1 Å². The number of fused-ring (bicyclic) bond motifs is 9. The largest absolute Gasteiger partial charge is 0.309 e. The van der Waals surface area contributed by atoms with Gasteiger partial charge >= 0.3 is 0 Å². The van der Waals surface area contributed by atoms with Gasteiger partial charge in [0.15, 0.2) is 5.82 Å². The molecule has 11 rings (SSSR count). The van der Waals surface area contributed by atoms with Gasteiger partial charge in [0, 0.05) is 43.3 Å². The molecule has 0 spiro atoms. The molecule has 0 N–H and O–H groups in total. The standard InChI is InChI=1S/C50H35N7/c1-50(2,3)48-52-47(53-49(54-48)57-40-22-11-6-17-34(40)35-18-7-12-23-41(35)57)37-29-31(30-51)27-28-43(37)56-42-24-13-8-19-36(42)46-44(25-14-26-45(46)56)55-38-20-9-4-15-32(38)33-16-5-10-21-39(33)55/h4-29H,1-3H3. The zero-order valence-corrected chi connectivity index (χ0v) is 31.6. The second kappa shape index (κ2) is 12.2. The van der Waals surface area contributed by atoms with Crippen molar-refractivity contribution in [1.82, 2.24) is 28.7 Å². The van der Waals surface area contributed by atoms with E-state index in [2.05, 4.69) is 180 Å². The zero-order chi connectivity index (χ0) is 38.4. The minimum Gasteiger partial charge on any atom is -0.309 e. The summed E-state index contributed by atoms with van der Waals surface area (Å²) in [7, 11) is 0. The van der Waals surface area contributed by atoms with E-state index in [1.54, 1.807) is 0 Å². The summed E-state index contributed by atoms with van der Waals surface area (Å²) in [5.41, 5.74) is 9.25. The fourth-order valence-electron chi connectivity index (χ4n) is 8.67. The van der Waals surface area contributed by atoms with E-state index in [-0.39, 0.29) is 0 Å². The molecule has 0 unspecified atom stereocenters. The molecule has 0 bridgehead atoms. The maximum atomic E-state index is 10.3. The van der Waals surface area contributed by atoms with Gasteiger partial charge in [-0.15, -0.1) is 0 Å². The third kappa shape index (κ3) is 4.87. The number of hydrogen-bond donors (Lipinski definition) is 0. The molecule has 0 saturated heterocycles. The van der Waals surface area contributed by atoms with Gasteiger partial charge in [-0.3, -0.25) is 4.57 Å². The minimum absolute atomic E-state index is 0.401. The summed E-state index contributed by atoms with van der Waals surface area (Å²) in [6, 6.07) is 57.3. The van der Waals surface area contributed by atoms with Crippen LogP contribution in [-0.2, 0) is 5.41 Å². The highest BCUT2D eigenvalue weighted by Crippen LogP contribution is 2.42. The summed E-state index contributed by atoms with van der Waals surface area (Å²) in [4.78, 5) is 15.7. The first kappa shape index (κ1) is 32.8. The first-order valence-electron chi connectivity index (χ1n) is 19.2. The van der Waals surface area contributed by atoms with E-state index in [1.165, 1.54) is 10.8 Å². The number of nitrogens with zero attached hydrogens (tertiary/aromatic N) is 7. The normalized spacial score (nSPS) is 12.1. The minimum atomic E-state index is -0.401. The summed E-state index contributed by atoms with van der Waals surface area (Å²) < 4.78 is 6.83. The van der Waals surface area contributed by atoms with Gasteiger partial charge in [-0.25, -0.2) is 4.98 Å². The first-order valence-corrected chi connectivity index (χ1v) is 19.2. The van der Waals surface area contributed by atoms with E-state index in [0.717, 1.165) is 71.6 Å². The molecule has 0 aliphatic heterocycles. The first-order chi connectivity index (χ1) is 27.9. The van der Waals surface area contributed by atoms with Crippen molar-refractivity contribution in [2.24, 2.45) is 0 Å². The molecule has 0 saturated carbocycles. The van der Waals surface area contributed by atoms with Crippen LogP contribution in [0, 0.1) is 11.3 Å². The average Bonchev–Trinajstić information content (AvgIpc) is 3.89. The molecule has 270 valence electrons. The molecule has 0 amide bonds. The van der Waals surface area contributed by atoms with Gasteiger partial charge in [0.1, 0.15) is 5.82 Å². The number of hydrogen-bond acceptors (Lipinski definition) is 4. The fourth-order valence-corrected chi connectivity index (χ4v) is 8.67. The Kier molecular flexibility index (Phi) is 7.04. The molecular formula is C50H35N7. The molecule has 0 radical (unpaired) electrons. The van der Waals surface area contributed by atoms with Crippen molar-refractivity contribution < 1.29 is 0 Å². The van der Waals surface area contributed by atoms with Gasteiger partial charge in [0.25, 0.3) is 0 Å². The number of rotatable bonds is 4. The van der Waals surface area contributed by atoms with E-state index < -0.39 is 5.41 Å². The summed E-state index contributed by atoms with van der Waals surface area (Å²) in [5, 5.41) is 17.2. The zero-order valence-electron chi connectivity index (χ0n) is 31.6. The van der Waals surface area contributed by atoms with Crippen molar-refractivity contribution in [3.63, 3.8) is 0 Å². The van der Waals surface area contributed by atoms with Crippen LogP contribution in [-0.4, -0.2) is 28.7 Å². The van der Waals surface area contributed by atoms with Crippen molar-refractivity contribution in [2.45, 2.75) is 26.2 Å². The molecule has 4 heterocycles. The Morgan fingerprint density at radius 2 is 0.930 bits per heavy atom. The lowest BCUT2D eigenvalue weighted by Gasteiger charge is -2.20. The van der Waals surface area contributed by atoms with Crippen LogP contribution >= 0.6 is 0 Å². The molecular weight excluding hydrogens is 699 g/mol. The Morgan fingerprint density at radius 1 is 0.456 bits per heavy atom. The van der Waals surface area contributed by atoms with Crippen molar-refractivity contribution >= 4 is 65.4 Å². The Bertz CT molecular complexity index is 3370. The van der Waals surface area contributed by atoms with E-state index in [9.17, 15) is 5.26 Å². The highest BCUT2D eigenvalue weighted by atomic mass is 15.2. The number of benzene rings is 7. The average molecular weight is 734 g/mol. The molecule has 11 aromatic rings. The summed E-state index contributed by atoms with van der Waals surface area (Å²) in [6.07, 6.45) is 0. The molecule has 7 aromatic carbocycles. The van der Waals surface area contributed by atoms with E-state index in [4.69, 9.17) is 15.0 Å². The third-order valence-electron chi connectivity index (χ3n) is 11.2. The highest BCUT2D eigenvalue weighted by molar-refractivity contribution is 6.16. The van der Waals surface area contributed by atoms with Crippen LogP contribution in [0.3, 0.4) is 0 Å². The van der Waals surface area contributed by atoms with Gasteiger partial charge < -0.3 is 9.13 Å². The number of para-hydroxylation sites is 5. The van der Waals surface area contributed by atoms with E-state index >= 15 is 0 Å². The Morgan fingerprint density at radius 3 is 1.47 bits per heavy atom. The summed E-state index contributed by atoms with van der Waals surface area (Å²) in [6.45, 7) is 6.37. The van der Waals surface area contributed by atoms with E-state index in [0.29, 0.717) is 23.2 Å². The van der Waals surface area contributed by atoms with Crippen molar-refractivity contribution in [3.05, 3.63) is 169 Å². The molecule has 57 heavy (non-hydrogen) atoms. The molecule has 0 aliphatic rings. The fraction of sp³-hybridized carbons (Fsp3) is 0.0800. The Hall–Kier alpha value is -7.56. The maximum absolute atomic E-state index is 10.3. The topological polar surface area (TPSA) is 77.2 Å². The summed E-state index contributed by atoms with van der Waals surface area (Å²) in [5.74, 6) is 1.70.